The number of fused-ring (bicyclic) bond motifs is 8. The molecular weight excluding hydrogens is 869 g/mol. The lowest BCUT2D eigenvalue weighted by atomic mass is 9.58. The van der Waals surface area contributed by atoms with Gasteiger partial charge in [-0.15, -0.1) is 0 Å². The minimum atomic E-state index is -0.255. The first-order valence-corrected chi connectivity index (χ1v) is 27.3. The van der Waals surface area contributed by atoms with Gasteiger partial charge in [-0.25, -0.2) is 0 Å². The maximum Gasteiger partial charge on any atom is 0.0547 e. The molecule has 15 rings (SSSR count). The van der Waals surface area contributed by atoms with Gasteiger partial charge in [0.1, 0.15) is 0 Å². The molecule has 0 amide bonds. The van der Waals surface area contributed by atoms with Crippen LogP contribution in [-0.4, -0.2) is 0 Å². The average molecular weight is 941 g/mol. The van der Waals surface area contributed by atoms with E-state index >= 15 is 0 Å². The van der Waals surface area contributed by atoms with E-state index in [1.165, 1.54) is 168 Å². The Morgan fingerprint density at radius 3 is 0.653 bits per heavy atom. The Kier molecular flexibility index (Phi) is 7.22. The van der Waals surface area contributed by atoms with E-state index in [-0.39, 0.29) is 43.3 Å². The van der Waals surface area contributed by atoms with E-state index in [2.05, 4.69) is 221 Å². The first-order chi connectivity index (χ1) is 33.4. The van der Waals surface area contributed by atoms with Crippen molar-refractivity contribution in [1.82, 2.24) is 0 Å². The summed E-state index contributed by atoms with van der Waals surface area (Å²) in [5.41, 5.74) is 41.7. The number of hydrogen-bond donors (Lipinski definition) is 0. The fourth-order valence-corrected chi connectivity index (χ4v) is 17.5. The molecular formula is C70H72N2. The molecule has 0 saturated carbocycles. The van der Waals surface area contributed by atoms with Crippen LogP contribution in [0.2, 0.25) is 0 Å². The van der Waals surface area contributed by atoms with Crippen molar-refractivity contribution in [1.29, 1.82) is 0 Å². The molecule has 0 unspecified atom stereocenters. The minimum absolute atomic E-state index is 0.136. The summed E-state index contributed by atoms with van der Waals surface area (Å²) in [5.74, 6) is 0. The third-order valence-corrected chi connectivity index (χ3v) is 21.3. The molecule has 6 heterocycles. The number of anilines is 6. The molecule has 6 aliphatic heterocycles. The summed E-state index contributed by atoms with van der Waals surface area (Å²) < 4.78 is 0. The van der Waals surface area contributed by atoms with Crippen LogP contribution in [0.3, 0.4) is 0 Å². The Labute approximate surface area is 429 Å². The van der Waals surface area contributed by atoms with Crippen molar-refractivity contribution in [2.24, 2.45) is 0 Å². The van der Waals surface area contributed by atoms with Crippen LogP contribution in [0.4, 0.5) is 34.1 Å². The van der Waals surface area contributed by atoms with E-state index in [1.54, 1.807) is 0 Å². The molecule has 0 bridgehead atoms. The molecule has 8 aliphatic rings. The summed E-state index contributed by atoms with van der Waals surface area (Å²) >= 11 is 0. The van der Waals surface area contributed by atoms with E-state index in [9.17, 15) is 0 Å². The second kappa shape index (κ2) is 11.9. The second-order valence-electron chi connectivity index (χ2n) is 28.6. The van der Waals surface area contributed by atoms with Gasteiger partial charge in [-0.05, 0) is 163 Å². The molecule has 2 aliphatic carbocycles. The van der Waals surface area contributed by atoms with Crippen molar-refractivity contribution in [3.8, 4) is 22.3 Å². The zero-order valence-electron chi connectivity index (χ0n) is 46.8. The maximum atomic E-state index is 2.78. The smallest absolute Gasteiger partial charge is 0.0547 e. The molecule has 0 fully saturated rings. The van der Waals surface area contributed by atoms with Crippen LogP contribution >= 0.6 is 0 Å². The summed E-state index contributed by atoms with van der Waals surface area (Å²) in [6, 6.07) is 31.0. The number of rotatable bonds is 0. The van der Waals surface area contributed by atoms with Gasteiger partial charge in [0.25, 0.3) is 0 Å². The number of aryl methyl sites for hydroxylation is 4. The highest BCUT2D eigenvalue weighted by molar-refractivity contribution is 6.05. The van der Waals surface area contributed by atoms with Gasteiger partial charge >= 0.3 is 0 Å². The van der Waals surface area contributed by atoms with Crippen molar-refractivity contribution in [3.63, 3.8) is 0 Å². The molecule has 2 heteroatoms. The van der Waals surface area contributed by atoms with Crippen molar-refractivity contribution >= 4 is 34.1 Å². The Bertz CT molecular complexity index is 3610. The summed E-state index contributed by atoms with van der Waals surface area (Å²) in [6.07, 6.45) is 0. The lowest BCUT2D eigenvalue weighted by molar-refractivity contribution is 0.548. The molecule has 72 heavy (non-hydrogen) atoms. The SMILES string of the molecule is Cc1cc2c3c(c1)C(C)(C)c1cc4c(c5c1N3c1c(cc(C)cc1C5(C)C)C2(C)C)C(C)(C)c1cc2c(cc1-4)C(C)(C)c1c-2cc2c3c1C(C)(C)c1cc(C)cc4c1N3c1c(cc(C)cc1C2(C)C)C4(C)C. The van der Waals surface area contributed by atoms with Gasteiger partial charge in [-0.1, -0.05) is 182 Å². The Morgan fingerprint density at radius 2 is 0.403 bits per heavy atom. The second-order valence-corrected chi connectivity index (χ2v) is 28.6. The zero-order valence-corrected chi connectivity index (χ0v) is 46.8. The monoisotopic (exact) mass is 941 g/mol. The molecule has 0 atom stereocenters. The number of benzene rings is 7. The third-order valence-electron chi connectivity index (χ3n) is 21.3. The Hall–Kier alpha value is -5.86. The van der Waals surface area contributed by atoms with Crippen LogP contribution in [0.1, 0.15) is 222 Å². The lowest BCUT2D eigenvalue weighted by Gasteiger charge is -2.56. The van der Waals surface area contributed by atoms with Crippen LogP contribution in [0.15, 0.2) is 72.8 Å². The molecule has 2 nitrogen and oxygen atoms in total. The topological polar surface area (TPSA) is 6.48 Å². The van der Waals surface area contributed by atoms with Crippen LogP contribution in [0, 0.1) is 27.7 Å². The zero-order chi connectivity index (χ0) is 51.0. The average Bonchev–Trinajstić information content (AvgIpc) is 3.64. The van der Waals surface area contributed by atoms with Crippen molar-refractivity contribution in [3.05, 3.63) is 184 Å². The molecule has 7 aromatic carbocycles. The van der Waals surface area contributed by atoms with Gasteiger partial charge in [0.2, 0.25) is 0 Å². The highest BCUT2D eigenvalue weighted by atomic mass is 15.2. The Morgan fingerprint density at radius 1 is 0.208 bits per heavy atom. The molecule has 0 aromatic heterocycles. The van der Waals surface area contributed by atoms with Crippen molar-refractivity contribution in [2.45, 2.75) is 182 Å². The summed E-state index contributed by atoms with van der Waals surface area (Å²) in [6.45, 7) is 49.8. The van der Waals surface area contributed by atoms with Crippen LogP contribution < -0.4 is 9.80 Å². The molecule has 0 saturated heterocycles. The van der Waals surface area contributed by atoms with Gasteiger partial charge in [0.15, 0.2) is 0 Å². The highest BCUT2D eigenvalue weighted by Crippen LogP contribution is 2.73. The van der Waals surface area contributed by atoms with Crippen molar-refractivity contribution in [2.75, 3.05) is 9.80 Å². The standard InChI is InChI=1S/C70H72N2/c1-33-21-43-57-45(23-33)65(9,10)51-31-39-37-29-42-38(30-41(37)67(13,14)53(39)55-61(51)71(57)59-47(63(43,5)6)25-35(3)27-49(59)69(55,17)18)40-32-52-62-56(54(40)68(42,15)16)70(19,20)50-28-36(4)26-48-60(50)72(62)58-44(64(48,7)8)22-34(2)24-46(58)66(52,11)12/h21-32H,1-20H3. The first-order valence-electron chi connectivity index (χ1n) is 27.3. The first kappa shape index (κ1) is 43.7. The van der Waals surface area contributed by atoms with E-state index in [4.69, 9.17) is 0 Å². The quantitative estimate of drug-likeness (QED) is 0.149. The molecule has 362 valence electrons. The minimum Gasteiger partial charge on any atom is -0.309 e. The van der Waals surface area contributed by atoms with Gasteiger partial charge < -0.3 is 9.80 Å². The summed E-state index contributed by atoms with van der Waals surface area (Å²) in [7, 11) is 0. The normalized spacial score (nSPS) is 21.3. The Balaban J connectivity index is 1.02. The highest BCUT2D eigenvalue weighted by Gasteiger charge is 2.58. The van der Waals surface area contributed by atoms with Crippen LogP contribution in [-0.2, 0) is 43.3 Å². The maximum absolute atomic E-state index is 2.78. The van der Waals surface area contributed by atoms with E-state index in [1.807, 2.05) is 0 Å². The van der Waals surface area contributed by atoms with E-state index in [0.29, 0.717) is 0 Å². The van der Waals surface area contributed by atoms with Gasteiger partial charge in [0.05, 0.1) is 34.1 Å². The molecule has 0 radical (unpaired) electrons. The van der Waals surface area contributed by atoms with Crippen LogP contribution in [0.25, 0.3) is 22.3 Å². The lowest BCUT2D eigenvalue weighted by Crippen LogP contribution is -2.45. The summed E-state index contributed by atoms with van der Waals surface area (Å²) in [5, 5.41) is 0. The predicted octanol–water partition coefficient (Wildman–Crippen LogP) is 18.3. The fourth-order valence-electron chi connectivity index (χ4n) is 17.5. The number of nitrogens with zero attached hydrogens (tertiary/aromatic N) is 2. The van der Waals surface area contributed by atoms with Gasteiger partial charge in [0, 0.05) is 43.3 Å². The summed E-state index contributed by atoms with van der Waals surface area (Å²) in [4.78, 5) is 5.57. The van der Waals surface area contributed by atoms with E-state index < -0.39 is 0 Å². The molecule has 0 spiro atoms. The largest absolute Gasteiger partial charge is 0.309 e. The van der Waals surface area contributed by atoms with Gasteiger partial charge in [-0.2, -0.15) is 0 Å². The fraction of sp³-hybridized carbons (Fsp3) is 0.400. The van der Waals surface area contributed by atoms with Gasteiger partial charge in [-0.3, -0.25) is 0 Å². The van der Waals surface area contributed by atoms with Crippen LogP contribution in [0.5, 0.6) is 0 Å². The molecule has 0 N–H and O–H groups in total. The van der Waals surface area contributed by atoms with Crippen molar-refractivity contribution < 1.29 is 0 Å². The van der Waals surface area contributed by atoms with E-state index in [0.717, 1.165) is 0 Å². The predicted molar refractivity (Wildman–Crippen MR) is 303 cm³/mol. The third kappa shape index (κ3) is 4.36. The molecule has 7 aromatic rings. The number of hydrogen-bond acceptors (Lipinski definition) is 2.